The maximum absolute atomic E-state index is 12.7. The van der Waals surface area contributed by atoms with E-state index in [0.29, 0.717) is 24.4 Å². The van der Waals surface area contributed by atoms with E-state index in [4.69, 9.17) is 4.74 Å². The summed E-state index contributed by atoms with van der Waals surface area (Å²) in [5.74, 6) is -0.627. The van der Waals surface area contributed by atoms with Gasteiger partial charge in [0.05, 0.1) is 24.8 Å². The molecule has 126 valence electrons. The van der Waals surface area contributed by atoms with E-state index in [1.165, 1.54) is 11.0 Å². The zero-order valence-electron chi connectivity index (χ0n) is 13.6. The van der Waals surface area contributed by atoms with Crippen molar-refractivity contribution in [3.63, 3.8) is 0 Å². The van der Waals surface area contributed by atoms with Crippen LogP contribution in [0.4, 0.5) is 5.69 Å². The molecule has 6 nitrogen and oxygen atoms in total. The molecule has 2 aromatic rings. The zero-order valence-corrected chi connectivity index (χ0v) is 13.6. The number of rotatable bonds is 3. The highest BCUT2D eigenvalue weighted by molar-refractivity contribution is 6.06. The summed E-state index contributed by atoms with van der Waals surface area (Å²) in [6.07, 6.45) is 1.20. The molecule has 3 rings (SSSR count). The third-order valence-electron chi connectivity index (χ3n) is 4.19. The van der Waals surface area contributed by atoms with E-state index in [1.807, 2.05) is 12.1 Å². The number of morpholine rings is 1. The molecule has 6 heteroatoms. The Morgan fingerprint density at radius 3 is 2.80 bits per heavy atom. The van der Waals surface area contributed by atoms with Crippen molar-refractivity contribution in [2.24, 2.45) is 0 Å². The molecular formula is C19H17N3O3. The molecule has 1 atom stereocenters. The fourth-order valence-electron chi connectivity index (χ4n) is 2.93. The average molecular weight is 335 g/mol. The Kier molecular flexibility index (Phi) is 4.78. The molecule has 0 aliphatic carbocycles. The van der Waals surface area contributed by atoms with Crippen LogP contribution >= 0.6 is 0 Å². The second kappa shape index (κ2) is 7.16. The zero-order chi connectivity index (χ0) is 17.8. The molecule has 1 N–H and O–H groups in total. The van der Waals surface area contributed by atoms with Crippen molar-refractivity contribution in [3.05, 3.63) is 54.6 Å². The minimum atomic E-state index is -0.714. The molecule has 0 aromatic heterocycles. The standard InChI is InChI=1S/C19H17N3O3/c1-2-18(23)22-9-10-25-12-17(22)19(24)21-16-8-4-6-14-13(11-20)5-3-7-15(14)16/h2-8,17H,1,9-10,12H2,(H,21,24). The van der Waals surface area contributed by atoms with Gasteiger partial charge in [0.25, 0.3) is 0 Å². The van der Waals surface area contributed by atoms with Gasteiger partial charge in [-0.2, -0.15) is 5.26 Å². The summed E-state index contributed by atoms with van der Waals surface area (Å²) in [6.45, 7) is 4.35. The van der Waals surface area contributed by atoms with Crippen LogP contribution in [0.3, 0.4) is 0 Å². The van der Waals surface area contributed by atoms with E-state index in [-0.39, 0.29) is 18.4 Å². The highest BCUT2D eigenvalue weighted by Gasteiger charge is 2.32. The lowest BCUT2D eigenvalue weighted by Crippen LogP contribution is -2.53. The lowest BCUT2D eigenvalue weighted by molar-refractivity contribution is -0.142. The fraction of sp³-hybridized carbons (Fsp3) is 0.211. The molecule has 0 spiro atoms. The largest absolute Gasteiger partial charge is 0.377 e. The predicted molar refractivity (Wildman–Crippen MR) is 93.8 cm³/mol. The van der Waals surface area contributed by atoms with Crippen LogP contribution in [0.2, 0.25) is 0 Å². The molecule has 0 saturated carbocycles. The topological polar surface area (TPSA) is 82.4 Å². The van der Waals surface area contributed by atoms with E-state index in [9.17, 15) is 14.9 Å². The van der Waals surface area contributed by atoms with E-state index in [1.54, 1.807) is 24.3 Å². The summed E-state index contributed by atoms with van der Waals surface area (Å²) in [6, 6.07) is 12.2. The lowest BCUT2D eigenvalue weighted by Gasteiger charge is -2.33. The summed E-state index contributed by atoms with van der Waals surface area (Å²) >= 11 is 0. The molecule has 1 fully saturated rings. The number of nitrogens with zero attached hydrogens (tertiary/aromatic N) is 2. The maximum Gasteiger partial charge on any atom is 0.249 e. The van der Waals surface area contributed by atoms with E-state index in [2.05, 4.69) is 18.0 Å². The molecule has 1 heterocycles. The first-order chi connectivity index (χ1) is 12.2. The van der Waals surface area contributed by atoms with Gasteiger partial charge in [0.15, 0.2) is 0 Å². The summed E-state index contributed by atoms with van der Waals surface area (Å²) in [7, 11) is 0. The molecular weight excluding hydrogens is 318 g/mol. The van der Waals surface area contributed by atoms with Crippen LogP contribution in [0, 0.1) is 11.3 Å². The normalized spacial score (nSPS) is 16.9. The molecule has 2 amide bonds. The third kappa shape index (κ3) is 3.23. The van der Waals surface area contributed by atoms with E-state index in [0.717, 1.165) is 10.8 Å². The molecule has 1 aliphatic rings. The molecule has 1 saturated heterocycles. The molecule has 0 radical (unpaired) electrons. The number of nitriles is 1. The molecule has 1 aliphatic heterocycles. The van der Waals surface area contributed by atoms with Crippen molar-refractivity contribution in [1.82, 2.24) is 4.90 Å². The van der Waals surface area contributed by atoms with Crippen molar-refractivity contribution < 1.29 is 14.3 Å². The van der Waals surface area contributed by atoms with Crippen LogP contribution in [-0.2, 0) is 14.3 Å². The first-order valence-corrected chi connectivity index (χ1v) is 7.89. The number of carbonyl (C=O) groups excluding carboxylic acids is 2. The van der Waals surface area contributed by atoms with E-state index >= 15 is 0 Å². The smallest absolute Gasteiger partial charge is 0.249 e. The van der Waals surface area contributed by atoms with Crippen molar-refractivity contribution in [2.75, 3.05) is 25.1 Å². The Hall–Kier alpha value is -3.17. The number of hydrogen-bond donors (Lipinski definition) is 1. The molecule has 2 aromatic carbocycles. The summed E-state index contributed by atoms with van der Waals surface area (Å²) in [4.78, 5) is 26.1. The van der Waals surface area contributed by atoms with Crippen LogP contribution in [0.5, 0.6) is 0 Å². The number of amides is 2. The van der Waals surface area contributed by atoms with Crippen molar-refractivity contribution in [2.45, 2.75) is 6.04 Å². The maximum atomic E-state index is 12.7. The quantitative estimate of drug-likeness (QED) is 0.871. The van der Waals surface area contributed by atoms with Gasteiger partial charge in [-0.05, 0) is 18.2 Å². The molecule has 0 bridgehead atoms. The number of anilines is 1. The fourth-order valence-corrected chi connectivity index (χ4v) is 2.93. The monoisotopic (exact) mass is 335 g/mol. The van der Waals surface area contributed by atoms with E-state index < -0.39 is 6.04 Å². The first kappa shape index (κ1) is 16.7. The average Bonchev–Trinajstić information content (AvgIpc) is 2.67. The van der Waals surface area contributed by atoms with Gasteiger partial charge >= 0.3 is 0 Å². The Morgan fingerprint density at radius 1 is 1.28 bits per heavy atom. The predicted octanol–water partition coefficient (Wildman–Crippen LogP) is 2.06. The Morgan fingerprint density at radius 2 is 2.04 bits per heavy atom. The van der Waals surface area contributed by atoms with Crippen molar-refractivity contribution >= 4 is 28.3 Å². The highest BCUT2D eigenvalue weighted by atomic mass is 16.5. The minimum absolute atomic E-state index is 0.139. The Balaban J connectivity index is 1.90. The number of nitrogens with one attached hydrogen (secondary N) is 1. The van der Waals surface area contributed by atoms with Crippen LogP contribution < -0.4 is 5.32 Å². The second-order valence-electron chi connectivity index (χ2n) is 5.63. The molecule has 1 unspecified atom stereocenters. The minimum Gasteiger partial charge on any atom is -0.377 e. The van der Waals surface area contributed by atoms with Gasteiger partial charge in [-0.15, -0.1) is 0 Å². The van der Waals surface area contributed by atoms with Crippen molar-refractivity contribution in [1.29, 1.82) is 5.26 Å². The van der Waals surface area contributed by atoms with Gasteiger partial charge in [0.1, 0.15) is 6.04 Å². The van der Waals surface area contributed by atoms with Crippen LogP contribution in [-0.4, -0.2) is 42.5 Å². The Bertz CT molecular complexity index is 885. The van der Waals surface area contributed by atoms with Crippen LogP contribution in [0.15, 0.2) is 49.1 Å². The number of hydrogen-bond acceptors (Lipinski definition) is 4. The summed E-state index contributed by atoms with van der Waals surface area (Å²) < 4.78 is 5.36. The first-order valence-electron chi connectivity index (χ1n) is 7.89. The number of fused-ring (bicyclic) bond motifs is 1. The van der Waals surface area contributed by atoms with Gasteiger partial charge in [-0.25, -0.2) is 0 Å². The highest BCUT2D eigenvalue weighted by Crippen LogP contribution is 2.26. The van der Waals surface area contributed by atoms with Gasteiger partial charge in [-0.1, -0.05) is 30.8 Å². The second-order valence-corrected chi connectivity index (χ2v) is 5.63. The number of benzene rings is 2. The third-order valence-corrected chi connectivity index (χ3v) is 4.19. The number of carbonyl (C=O) groups is 2. The number of ether oxygens (including phenoxy) is 1. The molecule has 25 heavy (non-hydrogen) atoms. The van der Waals surface area contributed by atoms with Crippen molar-refractivity contribution in [3.8, 4) is 6.07 Å². The van der Waals surface area contributed by atoms with Gasteiger partial charge in [-0.3, -0.25) is 9.59 Å². The van der Waals surface area contributed by atoms with Gasteiger partial charge in [0.2, 0.25) is 11.8 Å². The van der Waals surface area contributed by atoms with Crippen LogP contribution in [0.25, 0.3) is 10.8 Å². The SMILES string of the molecule is C=CC(=O)N1CCOCC1C(=O)Nc1cccc2c(C#N)cccc12. The van der Waals surface area contributed by atoms with Crippen LogP contribution in [0.1, 0.15) is 5.56 Å². The Labute approximate surface area is 145 Å². The summed E-state index contributed by atoms with van der Waals surface area (Å²) in [5, 5.41) is 13.6. The lowest BCUT2D eigenvalue weighted by atomic mass is 10.0. The van der Waals surface area contributed by atoms with Gasteiger partial charge in [0, 0.05) is 23.0 Å². The summed E-state index contributed by atoms with van der Waals surface area (Å²) in [5.41, 5.74) is 1.13. The van der Waals surface area contributed by atoms with Gasteiger partial charge < -0.3 is 15.0 Å².